The van der Waals surface area contributed by atoms with Crippen LogP contribution in [-0.2, 0) is 11.3 Å². The molecule has 14 heteroatoms. The molecule has 0 atom stereocenters. The van der Waals surface area contributed by atoms with Gasteiger partial charge in [0.25, 0.3) is 5.91 Å². The second kappa shape index (κ2) is 10.9. The minimum absolute atomic E-state index is 0.0260. The average Bonchev–Trinajstić information content (AvgIpc) is 3.45. The van der Waals surface area contributed by atoms with Crippen LogP contribution in [0.5, 0.6) is 5.75 Å². The third-order valence-corrected chi connectivity index (χ3v) is 6.01. The summed E-state index contributed by atoms with van der Waals surface area (Å²) in [5, 5.41) is 25.7. The second-order valence-electron chi connectivity index (χ2n) is 7.53. The molecule has 2 heterocycles. The van der Waals surface area contributed by atoms with Crippen LogP contribution in [0.2, 0.25) is 0 Å². The van der Waals surface area contributed by atoms with E-state index in [1.165, 1.54) is 4.68 Å². The number of aromatic nitrogens is 4. The number of fused-ring (bicyclic) bond motifs is 1. The van der Waals surface area contributed by atoms with Crippen molar-refractivity contribution in [3.05, 3.63) is 74.5 Å². The van der Waals surface area contributed by atoms with Crippen molar-refractivity contribution in [3.8, 4) is 5.75 Å². The van der Waals surface area contributed by atoms with Gasteiger partial charge in [0.2, 0.25) is 0 Å². The van der Waals surface area contributed by atoms with Crippen molar-refractivity contribution in [1.29, 1.82) is 0 Å². The number of amides is 2. The van der Waals surface area contributed by atoms with Gasteiger partial charge in [0.1, 0.15) is 16.8 Å². The fraction of sp³-hybridized carbons (Fsp3) is 0.227. The van der Waals surface area contributed by atoms with Crippen LogP contribution < -0.4 is 15.4 Å². The number of halogens is 1. The summed E-state index contributed by atoms with van der Waals surface area (Å²) in [6.45, 7) is 1.72. The Bertz CT molecular complexity index is 1430. The summed E-state index contributed by atoms with van der Waals surface area (Å²) in [4.78, 5) is 38.7. The zero-order chi connectivity index (χ0) is 25.7. The number of ether oxygens (including phenoxy) is 1. The van der Waals surface area contributed by atoms with Crippen molar-refractivity contribution in [2.45, 2.75) is 13.5 Å². The molecule has 0 radical (unpaired) electrons. The quantitative estimate of drug-likeness (QED) is 0.169. The molecule has 13 nitrogen and oxygen atoms in total. The Morgan fingerprint density at radius 1 is 1.17 bits per heavy atom. The maximum Gasteiger partial charge on any atom is 0.404 e. The second-order valence-corrected chi connectivity index (χ2v) is 8.32. The minimum atomic E-state index is -0.626. The van der Waals surface area contributed by atoms with Crippen LogP contribution in [0.3, 0.4) is 0 Å². The first-order valence-corrected chi connectivity index (χ1v) is 11.5. The molecule has 0 fully saturated rings. The van der Waals surface area contributed by atoms with Crippen LogP contribution in [0, 0.1) is 17.0 Å². The summed E-state index contributed by atoms with van der Waals surface area (Å²) in [6, 6.07) is 13.3. The summed E-state index contributed by atoms with van der Waals surface area (Å²) < 4.78 is 12.2. The number of carbonyl (C=O) groups excluding carboxylic acids is 2. The van der Waals surface area contributed by atoms with Crippen LogP contribution in [0.25, 0.3) is 10.8 Å². The number of benzene rings is 2. The van der Waals surface area contributed by atoms with Gasteiger partial charge in [-0.2, -0.15) is 9.67 Å². The molecular weight excluding hydrogens is 538 g/mol. The molecule has 0 saturated heterocycles. The van der Waals surface area contributed by atoms with Gasteiger partial charge in [0, 0.05) is 18.5 Å². The predicted octanol–water partition coefficient (Wildman–Crippen LogP) is 2.37. The first-order valence-electron chi connectivity index (χ1n) is 10.7. The van der Waals surface area contributed by atoms with E-state index < -0.39 is 10.8 Å². The molecule has 36 heavy (non-hydrogen) atoms. The molecule has 2 aromatic carbocycles. The van der Waals surface area contributed by atoms with Crippen LogP contribution >= 0.6 is 15.9 Å². The Balaban J connectivity index is 1.21. The van der Waals surface area contributed by atoms with Gasteiger partial charge in [-0.3, -0.25) is 9.59 Å². The molecule has 0 aliphatic heterocycles. The number of hydrogen-bond acceptors (Lipinski definition) is 9. The molecule has 0 aliphatic rings. The molecule has 0 aliphatic carbocycles. The molecule has 0 spiro atoms. The van der Waals surface area contributed by atoms with Gasteiger partial charge in [0.15, 0.2) is 12.4 Å². The number of nitro groups is 1. The van der Waals surface area contributed by atoms with Crippen molar-refractivity contribution >= 4 is 44.3 Å². The molecule has 0 bridgehead atoms. The lowest BCUT2D eigenvalue weighted by Gasteiger charge is -2.10. The van der Waals surface area contributed by atoms with E-state index in [0.717, 1.165) is 10.8 Å². The van der Waals surface area contributed by atoms with Gasteiger partial charge in [0.05, 0.1) is 10.8 Å². The molecule has 2 N–H and O–H groups in total. The smallest absolute Gasteiger partial charge is 0.404 e. The lowest BCUT2D eigenvalue weighted by atomic mass is 10.1. The molecule has 4 rings (SSSR count). The van der Waals surface area contributed by atoms with Crippen LogP contribution in [0.4, 0.5) is 5.82 Å². The highest BCUT2D eigenvalue weighted by Gasteiger charge is 2.25. The normalized spacial score (nSPS) is 10.8. The van der Waals surface area contributed by atoms with Gasteiger partial charge in [-0.25, -0.2) is 0 Å². The number of nitrogens with one attached hydrogen (secondary N) is 2. The lowest BCUT2D eigenvalue weighted by Crippen LogP contribution is -2.36. The topological polar surface area (TPSA) is 167 Å². The largest absolute Gasteiger partial charge is 0.483 e. The highest BCUT2D eigenvalue weighted by molar-refractivity contribution is 9.10. The predicted molar refractivity (Wildman–Crippen MR) is 130 cm³/mol. The Labute approximate surface area is 212 Å². The molecule has 0 saturated carbocycles. The Morgan fingerprint density at radius 3 is 2.69 bits per heavy atom. The first kappa shape index (κ1) is 24.8. The molecule has 4 aromatic rings. The number of carbonyl (C=O) groups is 2. The van der Waals surface area contributed by atoms with Gasteiger partial charge in [-0.15, -0.1) is 0 Å². The van der Waals surface area contributed by atoms with Gasteiger partial charge in [-0.05, 0) is 39.2 Å². The van der Waals surface area contributed by atoms with E-state index >= 15 is 0 Å². The average molecular weight is 558 g/mol. The van der Waals surface area contributed by atoms with E-state index in [2.05, 4.69) is 41.8 Å². The van der Waals surface area contributed by atoms with Crippen molar-refractivity contribution in [1.82, 2.24) is 30.6 Å². The zero-order valence-electron chi connectivity index (χ0n) is 18.9. The van der Waals surface area contributed by atoms with E-state index in [4.69, 9.17) is 9.26 Å². The third-order valence-electron chi connectivity index (χ3n) is 5.08. The summed E-state index contributed by atoms with van der Waals surface area (Å²) in [6.07, 6.45) is 0. The third kappa shape index (κ3) is 5.66. The van der Waals surface area contributed by atoms with Crippen molar-refractivity contribution in [2.75, 3.05) is 19.7 Å². The van der Waals surface area contributed by atoms with Gasteiger partial charge < -0.3 is 30.0 Å². The Kier molecular flexibility index (Phi) is 7.53. The van der Waals surface area contributed by atoms with E-state index in [0.29, 0.717) is 11.4 Å². The SMILES string of the molecule is Cc1c(Br)c([N+](=O)[O-])nn1Cc1noc(C(=O)NCCNC(=O)COc2cccc3ccccc23)n1. The van der Waals surface area contributed by atoms with Crippen LogP contribution in [0.1, 0.15) is 22.2 Å². The van der Waals surface area contributed by atoms with Crippen molar-refractivity contribution in [2.24, 2.45) is 0 Å². The molecule has 2 amide bonds. The van der Waals surface area contributed by atoms with Gasteiger partial charge >= 0.3 is 17.6 Å². The fourth-order valence-corrected chi connectivity index (χ4v) is 3.72. The molecule has 0 unspecified atom stereocenters. The van der Waals surface area contributed by atoms with Crippen molar-refractivity contribution < 1.29 is 23.8 Å². The highest BCUT2D eigenvalue weighted by Crippen LogP contribution is 2.27. The monoisotopic (exact) mass is 557 g/mol. The molecular formula is C22H20BrN7O6. The standard InChI is InChI=1S/C22H20BrN7O6/c1-13-19(23)20(30(33)34)27-29(13)11-17-26-22(36-28-17)21(32)25-10-9-24-18(31)12-35-16-8-4-6-14-5-2-3-7-15(14)16/h2-8H,9-12H2,1H3,(H,24,31)(H,25,32). The summed E-state index contributed by atoms with van der Waals surface area (Å²) in [5.74, 6) is -0.859. The number of rotatable bonds is 10. The summed E-state index contributed by atoms with van der Waals surface area (Å²) in [7, 11) is 0. The summed E-state index contributed by atoms with van der Waals surface area (Å²) >= 11 is 3.13. The number of nitrogens with zero attached hydrogens (tertiary/aromatic N) is 5. The molecule has 186 valence electrons. The van der Waals surface area contributed by atoms with E-state index in [1.54, 1.807) is 13.0 Å². The van der Waals surface area contributed by atoms with E-state index in [-0.39, 0.29) is 54.2 Å². The minimum Gasteiger partial charge on any atom is -0.483 e. The van der Waals surface area contributed by atoms with E-state index in [1.807, 2.05) is 36.4 Å². The van der Waals surface area contributed by atoms with Crippen LogP contribution in [-0.4, -0.2) is 56.4 Å². The maximum absolute atomic E-state index is 12.2. The Hall–Kier alpha value is -4.33. The lowest BCUT2D eigenvalue weighted by molar-refractivity contribution is -0.390. The van der Waals surface area contributed by atoms with E-state index in [9.17, 15) is 19.7 Å². The summed E-state index contributed by atoms with van der Waals surface area (Å²) in [5.41, 5.74) is 0.498. The fourth-order valence-electron chi connectivity index (χ4n) is 3.29. The van der Waals surface area contributed by atoms with Crippen LogP contribution in [0.15, 0.2) is 51.5 Å². The van der Waals surface area contributed by atoms with Gasteiger partial charge in [-0.1, -0.05) is 41.6 Å². The van der Waals surface area contributed by atoms with Crippen molar-refractivity contribution in [3.63, 3.8) is 0 Å². The molecule has 2 aromatic heterocycles. The zero-order valence-corrected chi connectivity index (χ0v) is 20.5. The maximum atomic E-state index is 12.2. The Morgan fingerprint density at radius 2 is 1.92 bits per heavy atom. The number of hydrogen-bond donors (Lipinski definition) is 2. The first-order chi connectivity index (χ1) is 17.3. The highest BCUT2D eigenvalue weighted by atomic mass is 79.9.